The Labute approximate surface area is 172 Å². The molecular formula is C26H28N3+. The molecule has 1 aliphatic carbocycles. The summed E-state index contributed by atoms with van der Waals surface area (Å²) in [5, 5.41) is 0. The second kappa shape index (κ2) is 7.47. The number of nitrogens with zero attached hydrogens (tertiary/aromatic N) is 3. The maximum absolute atomic E-state index is 4.82. The Morgan fingerprint density at radius 3 is 2.62 bits per heavy atom. The standard InChI is InChI=1S/C26H28N3/c1-19-15-16-27-22(17-19)26-21(20-9-4-3-5-10-20)11-8-14-25(26)29-18-28(2)23-12-6-7-13-24(23)29/h6-8,11-18,20H,3-5,9-10H2,1-2H3/q+1. The van der Waals surface area contributed by atoms with E-state index in [2.05, 4.69) is 84.0 Å². The molecule has 2 heterocycles. The first-order valence-corrected chi connectivity index (χ1v) is 10.7. The number of rotatable bonds is 3. The van der Waals surface area contributed by atoms with Crippen molar-refractivity contribution in [1.29, 1.82) is 0 Å². The lowest BCUT2D eigenvalue weighted by atomic mass is 9.81. The number of aryl methyl sites for hydroxylation is 2. The average Bonchev–Trinajstić information content (AvgIpc) is 3.10. The number of imidazole rings is 1. The van der Waals surface area contributed by atoms with E-state index in [1.807, 2.05) is 6.20 Å². The van der Waals surface area contributed by atoms with Gasteiger partial charge in [-0.25, -0.2) is 4.57 Å². The first kappa shape index (κ1) is 18.1. The highest BCUT2D eigenvalue weighted by Crippen LogP contribution is 2.40. The van der Waals surface area contributed by atoms with E-state index >= 15 is 0 Å². The number of benzene rings is 2. The second-order valence-corrected chi connectivity index (χ2v) is 8.38. The van der Waals surface area contributed by atoms with E-state index < -0.39 is 0 Å². The van der Waals surface area contributed by atoms with E-state index in [-0.39, 0.29) is 0 Å². The van der Waals surface area contributed by atoms with E-state index in [1.165, 1.54) is 65.5 Å². The van der Waals surface area contributed by atoms with E-state index in [4.69, 9.17) is 4.98 Å². The van der Waals surface area contributed by atoms with Crippen LogP contribution in [0.5, 0.6) is 0 Å². The number of fused-ring (bicyclic) bond motifs is 1. The van der Waals surface area contributed by atoms with Crippen molar-refractivity contribution in [2.75, 3.05) is 0 Å². The van der Waals surface area contributed by atoms with Crippen molar-refractivity contribution in [1.82, 2.24) is 9.55 Å². The molecule has 29 heavy (non-hydrogen) atoms. The minimum absolute atomic E-state index is 0.622. The van der Waals surface area contributed by atoms with Gasteiger partial charge in [0.15, 0.2) is 11.0 Å². The molecule has 3 heteroatoms. The largest absolute Gasteiger partial charge is 0.256 e. The Morgan fingerprint density at radius 1 is 0.966 bits per heavy atom. The SMILES string of the molecule is Cc1ccnc(-c2c(C3CCCCC3)cccc2-n2c[n+](C)c3ccccc32)c1. The molecule has 4 aromatic rings. The van der Waals surface area contributed by atoms with E-state index in [0.717, 1.165) is 5.69 Å². The molecule has 0 amide bonds. The Balaban J connectivity index is 1.79. The van der Waals surface area contributed by atoms with E-state index in [0.29, 0.717) is 5.92 Å². The first-order chi connectivity index (χ1) is 14.2. The van der Waals surface area contributed by atoms with Crippen LogP contribution in [0.25, 0.3) is 28.0 Å². The predicted molar refractivity (Wildman–Crippen MR) is 118 cm³/mol. The van der Waals surface area contributed by atoms with Crippen LogP contribution >= 0.6 is 0 Å². The quantitative estimate of drug-likeness (QED) is 0.406. The van der Waals surface area contributed by atoms with Crippen LogP contribution < -0.4 is 4.57 Å². The van der Waals surface area contributed by atoms with Crippen molar-refractivity contribution in [3.63, 3.8) is 0 Å². The molecule has 1 fully saturated rings. The summed E-state index contributed by atoms with van der Waals surface area (Å²) in [7, 11) is 2.12. The molecule has 3 nitrogen and oxygen atoms in total. The molecule has 0 bridgehead atoms. The molecule has 0 atom stereocenters. The number of aromatic nitrogens is 3. The zero-order chi connectivity index (χ0) is 19.8. The average molecular weight is 383 g/mol. The lowest BCUT2D eigenvalue weighted by Gasteiger charge is -2.25. The predicted octanol–water partition coefficient (Wildman–Crippen LogP) is 5.87. The molecule has 0 spiro atoms. The van der Waals surface area contributed by atoms with Crippen LogP contribution in [0.1, 0.15) is 49.1 Å². The summed E-state index contributed by atoms with van der Waals surface area (Å²) in [4.78, 5) is 4.82. The Hall–Kier alpha value is -2.94. The summed E-state index contributed by atoms with van der Waals surface area (Å²) in [5.41, 5.74) is 8.78. The third kappa shape index (κ3) is 3.25. The van der Waals surface area contributed by atoms with Crippen LogP contribution in [0.3, 0.4) is 0 Å². The molecule has 2 aromatic heterocycles. The molecule has 1 saturated carbocycles. The summed E-state index contributed by atoms with van der Waals surface area (Å²) >= 11 is 0. The smallest absolute Gasteiger partial charge is 0.249 e. The van der Waals surface area contributed by atoms with Gasteiger partial charge in [0.1, 0.15) is 5.69 Å². The summed E-state index contributed by atoms with van der Waals surface area (Å²) in [6, 6.07) is 19.7. The number of hydrogen-bond acceptors (Lipinski definition) is 1. The molecule has 0 saturated heterocycles. The maximum atomic E-state index is 4.82. The van der Waals surface area contributed by atoms with Crippen LogP contribution in [-0.4, -0.2) is 9.55 Å². The topological polar surface area (TPSA) is 21.7 Å². The molecular weight excluding hydrogens is 354 g/mol. The van der Waals surface area contributed by atoms with Gasteiger partial charge in [0.25, 0.3) is 0 Å². The van der Waals surface area contributed by atoms with Gasteiger partial charge in [-0.2, -0.15) is 4.57 Å². The number of pyridine rings is 1. The normalized spacial score (nSPS) is 15.1. The van der Waals surface area contributed by atoms with Crippen molar-refractivity contribution in [2.24, 2.45) is 7.05 Å². The molecule has 1 aliphatic rings. The minimum Gasteiger partial charge on any atom is -0.256 e. The highest BCUT2D eigenvalue weighted by Gasteiger charge is 2.25. The second-order valence-electron chi connectivity index (χ2n) is 8.38. The van der Waals surface area contributed by atoms with Crippen LogP contribution in [0, 0.1) is 6.92 Å². The fourth-order valence-electron chi connectivity index (χ4n) is 4.92. The number of para-hydroxylation sites is 2. The van der Waals surface area contributed by atoms with Crippen LogP contribution in [-0.2, 0) is 7.05 Å². The third-order valence-corrected chi connectivity index (χ3v) is 6.36. The van der Waals surface area contributed by atoms with Crippen molar-refractivity contribution >= 4 is 11.0 Å². The van der Waals surface area contributed by atoms with Crippen molar-refractivity contribution < 1.29 is 4.57 Å². The van der Waals surface area contributed by atoms with Crippen molar-refractivity contribution in [3.8, 4) is 16.9 Å². The van der Waals surface area contributed by atoms with E-state index in [9.17, 15) is 0 Å². The van der Waals surface area contributed by atoms with Gasteiger partial charge < -0.3 is 0 Å². The molecule has 0 N–H and O–H groups in total. The lowest BCUT2D eigenvalue weighted by molar-refractivity contribution is -0.645. The molecule has 5 rings (SSSR count). The fraction of sp³-hybridized carbons (Fsp3) is 0.308. The van der Waals surface area contributed by atoms with Gasteiger partial charge in [-0.15, -0.1) is 0 Å². The van der Waals surface area contributed by atoms with Crippen molar-refractivity contribution in [2.45, 2.75) is 44.9 Å². The lowest BCUT2D eigenvalue weighted by Crippen LogP contribution is -2.25. The summed E-state index contributed by atoms with van der Waals surface area (Å²) in [6.45, 7) is 2.15. The van der Waals surface area contributed by atoms with Gasteiger partial charge in [0, 0.05) is 6.20 Å². The summed E-state index contributed by atoms with van der Waals surface area (Å²) < 4.78 is 4.54. The molecule has 146 valence electrons. The fourth-order valence-corrected chi connectivity index (χ4v) is 4.92. The highest BCUT2D eigenvalue weighted by atomic mass is 15.1. The van der Waals surface area contributed by atoms with Gasteiger partial charge in [0.05, 0.1) is 18.3 Å². The maximum Gasteiger partial charge on any atom is 0.249 e. The monoisotopic (exact) mass is 382 g/mol. The Morgan fingerprint density at radius 2 is 1.79 bits per heavy atom. The molecule has 0 unspecified atom stereocenters. The first-order valence-electron chi connectivity index (χ1n) is 10.7. The molecule has 0 radical (unpaired) electrons. The van der Waals surface area contributed by atoms with Crippen molar-refractivity contribution in [3.05, 3.63) is 78.2 Å². The third-order valence-electron chi connectivity index (χ3n) is 6.36. The van der Waals surface area contributed by atoms with Crippen LogP contribution in [0.4, 0.5) is 0 Å². The molecule has 0 aliphatic heterocycles. The molecule has 2 aromatic carbocycles. The summed E-state index contributed by atoms with van der Waals surface area (Å²) in [5.74, 6) is 0.622. The van der Waals surface area contributed by atoms with Gasteiger partial charge in [-0.3, -0.25) is 4.98 Å². The van der Waals surface area contributed by atoms with Gasteiger partial charge in [-0.05, 0) is 67.1 Å². The van der Waals surface area contributed by atoms with Crippen LogP contribution in [0.2, 0.25) is 0 Å². The zero-order valence-corrected chi connectivity index (χ0v) is 17.3. The Bertz CT molecular complexity index is 1170. The highest BCUT2D eigenvalue weighted by molar-refractivity contribution is 5.80. The summed E-state index contributed by atoms with van der Waals surface area (Å²) in [6.07, 6.45) is 10.7. The van der Waals surface area contributed by atoms with Gasteiger partial charge in [-0.1, -0.05) is 43.5 Å². The van der Waals surface area contributed by atoms with Gasteiger partial charge >= 0.3 is 0 Å². The van der Waals surface area contributed by atoms with E-state index in [1.54, 1.807) is 0 Å². The Kier molecular flexibility index (Phi) is 4.67. The minimum atomic E-state index is 0.622. The van der Waals surface area contributed by atoms with Crippen LogP contribution in [0.15, 0.2) is 67.1 Å². The number of hydrogen-bond donors (Lipinski definition) is 0. The van der Waals surface area contributed by atoms with Gasteiger partial charge in [0.2, 0.25) is 6.33 Å². The zero-order valence-electron chi connectivity index (χ0n) is 17.3.